The highest BCUT2D eigenvalue weighted by Gasteiger charge is 2.17. The quantitative estimate of drug-likeness (QED) is 0.747. The van der Waals surface area contributed by atoms with Crippen molar-refractivity contribution in [3.8, 4) is 0 Å². The fourth-order valence-electron chi connectivity index (χ4n) is 2.99. The van der Waals surface area contributed by atoms with Gasteiger partial charge in [0.25, 0.3) is 0 Å². The van der Waals surface area contributed by atoms with Gasteiger partial charge in [0.2, 0.25) is 0 Å². The van der Waals surface area contributed by atoms with Crippen LogP contribution in [0.2, 0.25) is 5.02 Å². The molecule has 1 heterocycles. The summed E-state index contributed by atoms with van der Waals surface area (Å²) in [6.45, 7) is 6.36. The van der Waals surface area contributed by atoms with Crippen LogP contribution in [-0.2, 0) is 4.74 Å². The predicted molar refractivity (Wildman–Crippen MR) is 90.2 cm³/mol. The molecule has 1 N–H and O–H groups in total. The molecule has 2 nitrogen and oxygen atoms in total. The minimum absolute atomic E-state index is 0.503. The van der Waals surface area contributed by atoms with Gasteiger partial charge in [-0.25, -0.2) is 0 Å². The molecule has 1 aliphatic heterocycles. The summed E-state index contributed by atoms with van der Waals surface area (Å²) in [6, 6.07) is 8.83. The molecule has 0 saturated carbocycles. The fraction of sp³-hybridized carbons (Fsp3) is 0.667. The van der Waals surface area contributed by atoms with Crippen LogP contribution in [-0.4, -0.2) is 25.3 Å². The first-order valence-corrected chi connectivity index (χ1v) is 8.63. The van der Waals surface area contributed by atoms with Crippen LogP contribution in [0.5, 0.6) is 0 Å². The second kappa shape index (κ2) is 8.77. The number of hydrogen-bond donors (Lipinski definition) is 1. The highest BCUT2D eigenvalue weighted by atomic mass is 35.5. The molecule has 2 rings (SSSR count). The molecule has 1 saturated heterocycles. The monoisotopic (exact) mass is 309 g/mol. The van der Waals surface area contributed by atoms with Gasteiger partial charge in [-0.1, -0.05) is 44.0 Å². The van der Waals surface area contributed by atoms with Gasteiger partial charge in [0.05, 0.1) is 6.10 Å². The summed E-state index contributed by atoms with van der Waals surface area (Å²) in [7, 11) is 0. The number of hydrogen-bond acceptors (Lipinski definition) is 2. The molecular weight excluding hydrogens is 282 g/mol. The Labute approximate surface area is 134 Å². The van der Waals surface area contributed by atoms with Crippen molar-refractivity contribution in [1.29, 1.82) is 0 Å². The molecule has 1 aromatic carbocycles. The molecule has 2 unspecified atom stereocenters. The van der Waals surface area contributed by atoms with E-state index in [1.165, 1.54) is 37.7 Å². The third kappa shape index (κ3) is 5.98. The van der Waals surface area contributed by atoms with E-state index in [0.717, 1.165) is 18.2 Å². The Morgan fingerprint density at radius 1 is 1.38 bits per heavy atom. The summed E-state index contributed by atoms with van der Waals surface area (Å²) in [6.07, 6.45) is 6.59. The first-order valence-electron chi connectivity index (χ1n) is 8.25. The van der Waals surface area contributed by atoms with Crippen LogP contribution < -0.4 is 5.32 Å². The van der Waals surface area contributed by atoms with Crippen LogP contribution >= 0.6 is 11.6 Å². The summed E-state index contributed by atoms with van der Waals surface area (Å²) in [5.74, 6) is 0.535. The maximum Gasteiger partial charge on any atom is 0.0576 e. The Morgan fingerprint density at radius 2 is 2.24 bits per heavy atom. The molecule has 0 aromatic heterocycles. The third-order valence-electron chi connectivity index (χ3n) is 4.20. The number of rotatable bonds is 8. The SMILES string of the molecule is CC(C)NCC(CCCC1CCCO1)c1cccc(Cl)c1. The Balaban J connectivity index is 1.88. The number of nitrogens with one attached hydrogen (secondary N) is 1. The zero-order valence-corrected chi connectivity index (χ0v) is 14.0. The second-order valence-corrected chi connectivity index (χ2v) is 6.82. The minimum Gasteiger partial charge on any atom is -0.378 e. The van der Waals surface area contributed by atoms with Crippen LogP contribution in [0.1, 0.15) is 57.4 Å². The lowest BCUT2D eigenvalue weighted by molar-refractivity contribution is 0.101. The summed E-state index contributed by atoms with van der Waals surface area (Å²) < 4.78 is 5.72. The molecule has 0 radical (unpaired) electrons. The number of ether oxygens (including phenoxy) is 1. The normalized spacial score (nSPS) is 20.1. The Morgan fingerprint density at radius 3 is 2.90 bits per heavy atom. The highest BCUT2D eigenvalue weighted by molar-refractivity contribution is 6.30. The predicted octanol–water partition coefficient (Wildman–Crippen LogP) is 4.77. The maximum atomic E-state index is 6.15. The van der Waals surface area contributed by atoms with Gasteiger partial charge in [0.1, 0.15) is 0 Å². The van der Waals surface area contributed by atoms with Gasteiger partial charge in [0, 0.05) is 24.2 Å². The molecule has 0 spiro atoms. The number of halogens is 1. The van der Waals surface area contributed by atoms with Crippen molar-refractivity contribution in [2.75, 3.05) is 13.2 Å². The lowest BCUT2D eigenvalue weighted by Gasteiger charge is -2.21. The van der Waals surface area contributed by atoms with E-state index in [1.54, 1.807) is 0 Å². The van der Waals surface area contributed by atoms with Crippen molar-refractivity contribution in [3.05, 3.63) is 34.9 Å². The number of benzene rings is 1. The minimum atomic E-state index is 0.503. The van der Waals surface area contributed by atoms with Gasteiger partial charge in [-0.3, -0.25) is 0 Å². The molecule has 1 aliphatic rings. The molecule has 3 heteroatoms. The van der Waals surface area contributed by atoms with E-state index >= 15 is 0 Å². The van der Waals surface area contributed by atoms with E-state index in [-0.39, 0.29) is 0 Å². The van der Waals surface area contributed by atoms with Crippen molar-refractivity contribution in [3.63, 3.8) is 0 Å². The summed E-state index contributed by atoms with van der Waals surface area (Å²) in [5, 5.41) is 4.40. The van der Waals surface area contributed by atoms with E-state index in [0.29, 0.717) is 18.1 Å². The lowest BCUT2D eigenvalue weighted by atomic mass is 9.92. The van der Waals surface area contributed by atoms with E-state index in [2.05, 4.69) is 37.4 Å². The third-order valence-corrected chi connectivity index (χ3v) is 4.43. The van der Waals surface area contributed by atoms with Gasteiger partial charge < -0.3 is 10.1 Å². The second-order valence-electron chi connectivity index (χ2n) is 6.38. The van der Waals surface area contributed by atoms with Gasteiger partial charge >= 0.3 is 0 Å². The van der Waals surface area contributed by atoms with Crippen LogP contribution in [0, 0.1) is 0 Å². The topological polar surface area (TPSA) is 21.3 Å². The van der Waals surface area contributed by atoms with E-state index in [9.17, 15) is 0 Å². The molecule has 0 aliphatic carbocycles. The summed E-state index contributed by atoms with van der Waals surface area (Å²) in [4.78, 5) is 0. The summed E-state index contributed by atoms with van der Waals surface area (Å²) >= 11 is 6.15. The Bertz CT molecular complexity index is 415. The zero-order valence-electron chi connectivity index (χ0n) is 13.3. The molecule has 118 valence electrons. The van der Waals surface area contributed by atoms with Crippen molar-refractivity contribution >= 4 is 11.6 Å². The summed E-state index contributed by atoms with van der Waals surface area (Å²) in [5.41, 5.74) is 1.35. The Hall–Kier alpha value is -0.570. The van der Waals surface area contributed by atoms with Crippen molar-refractivity contribution in [1.82, 2.24) is 5.32 Å². The van der Waals surface area contributed by atoms with Gasteiger partial charge in [-0.2, -0.15) is 0 Å². The van der Waals surface area contributed by atoms with Crippen LogP contribution in [0.25, 0.3) is 0 Å². The molecule has 21 heavy (non-hydrogen) atoms. The zero-order chi connectivity index (χ0) is 15.1. The van der Waals surface area contributed by atoms with Crippen molar-refractivity contribution < 1.29 is 4.74 Å². The molecular formula is C18H28ClNO. The average molecular weight is 310 g/mol. The van der Waals surface area contributed by atoms with Crippen molar-refractivity contribution in [2.45, 2.75) is 64.0 Å². The van der Waals surface area contributed by atoms with Crippen LogP contribution in [0.3, 0.4) is 0 Å². The van der Waals surface area contributed by atoms with Gasteiger partial charge in [-0.15, -0.1) is 0 Å². The molecule has 2 atom stereocenters. The smallest absolute Gasteiger partial charge is 0.0576 e. The van der Waals surface area contributed by atoms with Crippen LogP contribution in [0.15, 0.2) is 24.3 Å². The molecule has 0 bridgehead atoms. The maximum absolute atomic E-state index is 6.15. The highest BCUT2D eigenvalue weighted by Crippen LogP contribution is 2.26. The standard InChI is InChI=1S/C18H28ClNO/c1-14(2)20-13-16(15-6-3-8-17(19)12-15)7-4-9-18-10-5-11-21-18/h3,6,8,12,14,16,18,20H,4-5,7,9-11,13H2,1-2H3. The molecule has 0 amide bonds. The Kier molecular flexibility index (Phi) is 7.01. The van der Waals surface area contributed by atoms with E-state index in [1.807, 2.05) is 6.07 Å². The van der Waals surface area contributed by atoms with Crippen LogP contribution in [0.4, 0.5) is 0 Å². The first-order chi connectivity index (χ1) is 10.1. The van der Waals surface area contributed by atoms with Gasteiger partial charge in [0.15, 0.2) is 0 Å². The van der Waals surface area contributed by atoms with Crippen molar-refractivity contribution in [2.24, 2.45) is 0 Å². The van der Waals surface area contributed by atoms with Gasteiger partial charge in [-0.05, 0) is 49.3 Å². The largest absolute Gasteiger partial charge is 0.378 e. The average Bonchev–Trinajstić information content (AvgIpc) is 2.95. The fourth-order valence-corrected chi connectivity index (χ4v) is 3.19. The van der Waals surface area contributed by atoms with E-state index < -0.39 is 0 Å². The lowest BCUT2D eigenvalue weighted by Crippen LogP contribution is -2.28. The van der Waals surface area contributed by atoms with E-state index in [4.69, 9.17) is 16.3 Å². The first kappa shape index (κ1) is 16.8. The molecule has 1 fully saturated rings. The molecule has 1 aromatic rings.